The summed E-state index contributed by atoms with van der Waals surface area (Å²) in [6.07, 6.45) is 0. The van der Waals surface area contributed by atoms with Crippen LogP contribution in [0.5, 0.6) is 5.75 Å². The van der Waals surface area contributed by atoms with Gasteiger partial charge < -0.3 is 20.1 Å². The lowest BCUT2D eigenvalue weighted by atomic mass is 10.1. The molecule has 1 aromatic rings. The highest BCUT2D eigenvalue weighted by Crippen LogP contribution is 2.20. The maximum Gasteiger partial charge on any atom is 0.253 e. The molecule has 0 saturated carbocycles. The van der Waals surface area contributed by atoms with Gasteiger partial charge in [0.1, 0.15) is 5.75 Å². The quantitative estimate of drug-likeness (QED) is 0.837. The van der Waals surface area contributed by atoms with Crippen LogP contribution < -0.4 is 10.1 Å². The Morgan fingerprint density at radius 2 is 2.00 bits per heavy atom. The largest absolute Gasteiger partial charge is 0.494 e. The van der Waals surface area contributed by atoms with E-state index in [1.54, 1.807) is 29.2 Å². The van der Waals surface area contributed by atoms with Crippen LogP contribution in [0.4, 0.5) is 0 Å². The molecule has 0 unspecified atom stereocenters. The first-order valence-electron chi connectivity index (χ1n) is 7.45. The average Bonchev–Trinajstić information content (AvgIpc) is 2.90. The van der Waals surface area contributed by atoms with E-state index in [0.29, 0.717) is 25.3 Å². The standard InChI is InChI=1S/C16H22N2O4/c1-3-22-14-6-4-12(5-7-14)16(21)18-8-13(10-19)15(9-18)17-11(2)20/h4-7,13,15,19H,3,8-10H2,1-2H3,(H,17,20)/t13-,15+/m0/s1. The van der Waals surface area contributed by atoms with Crippen molar-refractivity contribution in [3.63, 3.8) is 0 Å². The maximum atomic E-state index is 12.5. The molecular formula is C16H22N2O4. The minimum atomic E-state index is -0.200. The summed E-state index contributed by atoms with van der Waals surface area (Å²) in [6, 6.07) is 6.79. The normalized spacial score (nSPS) is 20.8. The average molecular weight is 306 g/mol. The van der Waals surface area contributed by atoms with Gasteiger partial charge in [0.15, 0.2) is 0 Å². The lowest BCUT2D eigenvalue weighted by Crippen LogP contribution is -2.40. The number of amides is 2. The lowest BCUT2D eigenvalue weighted by Gasteiger charge is -2.17. The number of ether oxygens (including phenoxy) is 1. The highest BCUT2D eigenvalue weighted by molar-refractivity contribution is 5.94. The maximum absolute atomic E-state index is 12.5. The van der Waals surface area contributed by atoms with Crippen molar-refractivity contribution < 1.29 is 19.4 Å². The van der Waals surface area contributed by atoms with Crippen LogP contribution >= 0.6 is 0 Å². The van der Waals surface area contributed by atoms with E-state index < -0.39 is 0 Å². The molecule has 2 amide bonds. The Kier molecular flexibility index (Phi) is 5.38. The van der Waals surface area contributed by atoms with Crippen LogP contribution in [0.15, 0.2) is 24.3 Å². The van der Waals surface area contributed by atoms with Gasteiger partial charge >= 0.3 is 0 Å². The molecular weight excluding hydrogens is 284 g/mol. The zero-order chi connectivity index (χ0) is 16.1. The van der Waals surface area contributed by atoms with Gasteiger partial charge in [-0.25, -0.2) is 0 Å². The van der Waals surface area contributed by atoms with Crippen LogP contribution in [0, 0.1) is 5.92 Å². The van der Waals surface area contributed by atoms with Crippen molar-refractivity contribution in [2.24, 2.45) is 5.92 Å². The molecule has 1 aliphatic heterocycles. The first-order valence-corrected chi connectivity index (χ1v) is 7.45. The second-order valence-corrected chi connectivity index (χ2v) is 5.42. The SMILES string of the molecule is CCOc1ccc(C(=O)N2C[C@@H](CO)[C@H](NC(C)=O)C2)cc1. The minimum Gasteiger partial charge on any atom is -0.494 e. The number of likely N-dealkylation sites (tertiary alicyclic amines) is 1. The van der Waals surface area contributed by atoms with Crippen molar-refractivity contribution in [1.29, 1.82) is 0 Å². The fourth-order valence-corrected chi connectivity index (χ4v) is 2.69. The van der Waals surface area contributed by atoms with Gasteiger partial charge in [-0.2, -0.15) is 0 Å². The van der Waals surface area contributed by atoms with E-state index in [1.165, 1.54) is 6.92 Å². The highest BCUT2D eigenvalue weighted by atomic mass is 16.5. The van der Waals surface area contributed by atoms with Crippen molar-refractivity contribution >= 4 is 11.8 Å². The molecule has 1 aromatic carbocycles. The van der Waals surface area contributed by atoms with Crippen LogP contribution in [0.2, 0.25) is 0 Å². The molecule has 22 heavy (non-hydrogen) atoms. The van der Waals surface area contributed by atoms with E-state index in [-0.39, 0.29) is 30.4 Å². The van der Waals surface area contributed by atoms with Gasteiger partial charge in [0.2, 0.25) is 5.91 Å². The summed E-state index contributed by atoms with van der Waals surface area (Å²) in [6.45, 7) is 4.71. The summed E-state index contributed by atoms with van der Waals surface area (Å²) in [4.78, 5) is 25.4. The highest BCUT2D eigenvalue weighted by Gasteiger charge is 2.35. The van der Waals surface area contributed by atoms with Gasteiger partial charge in [0.05, 0.1) is 12.6 Å². The fraction of sp³-hybridized carbons (Fsp3) is 0.500. The Hall–Kier alpha value is -2.08. The third kappa shape index (κ3) is 3.76. The molecule has 0 radical (unpaired) electrons. The van der Waals surface area contributed by atoms with Gasteiger partial charge in [-0.1, -0.05) is 0 Å². The van der Waals surface area contributed by atoms with Crippen molar-refractivity contribution in [1.82, 2.24) is 10.2 Å². The van der Waals surface area contributed by atoms with Gasteiger partial charge in [-0.15, -0.1) is 0 Å². The van der Waals surface area contributed by atoms with E-state index in [2.05, 4.69) is 5.32 Å². The molecule has 0 aliphatic carbocycles. The Balaban J connectivity index is 2.04. The number of hydrogen-bond acceptors (Lipinski definition) is 4. The molecule has 120 valence electrons. The van der Waals surface area contributed by atoms with Crippen LogP contribution in [-0.4, -0.2) is 54.2 Å². The Morgan fingerprint density at radius 1 is 1.32 bits per heavy atom. The van der Waals surface area contributed by atoms with E-state index in [0.717, 1.165) is 5.75 Å². The molecule has 2 atom stereocenters. The molecule has 2 N–H and O–H groups in total. The number of carbonyl (C=O) groups is 2. The van der Waals surface area contributed by atoms with Crippen LogP contribution in [0.3, 0.4) is 0 Å². The van der Waals surface area contributed by atoms with Crippen molar-refractivity contribution in [3.05, 3.63) is 29.8 Å². The predicted molar refractivity (Wildman–Crippen MR) is 81.7 cm³/mol. The summed E-state index contributed by atoms with van der Waals surface area (Å²) in [5.41, 5.74) is 0.573. The van der Waals surface area contributed by atoms with Gasteiger partial charge in [-0.05, 0) is 31.2 Å². The first kappa shape index (κ1) is 16.3. The van der Waals surface area contributed by atoms with E-state index in [4.69, 9.17) is 4.74 Å². The molecule has 1 heterocycles. The summed E-state index contributed by atoms with van der Waals surface area (Å²) in [5.74, 6) is 0.341. The van der Waals surface area contributed by atoms with Crippen molar-refractivity contribution in [2.45, 2.75) is 19.9 Å². The van der Waals surface area contributed by atoms with Crippen molar-refractivity contribution in [2.75, 3.05) is 26.3 Å². The lowest BCUT2D eigenvalue weighted by molar-refractivity contribution is -0.119. The Bertz CT molecular complexity index is 529. The fourth-order valence-electron chi connectivity index (χ4n) is 2.69. The second-order valence-electron chi connectivity index (χ2n) is 5.42. The number of aliphatic hydroxyl groups excluding tert-OH is 1. The smallest absolute Gasteiger partial charge is 0.253 e. The van der Waals surface area contributed by atoms with Crippen LogP contribution in [0.25, 0.3) is 0 Å². The Morgan fingerprint density at radius 3 is 2.55 bits per heavy atom. The number of hydrogen-bond donors (Lipinski definition) is 2. The van der Waals surface area contributed by atoms with E-state index in [9.17, 15) is 14.7 Å². The number of aliphatic hydroxyl groups is 1. The topological polar surface area (TPSA) is 78.9 Å². The second kappa shape index (κ2) is 7.26. The summed E-state index contributed by atoms with van der Waals surface area (Å²) in [5, 5.41) is 12.2. The molecule has 1 aliphatic rings. The zero-order valence-corrected chi connectivity index (χ0v) is 12.9. The molecule has 0 bridgehead atoms. The summed E-state index contributed by atoms with van der Waals surface area (Å²) < 4.78 is 5.36. The molecule has 6 heteroatoms. The third-order valence-electron chi connectivity index (χ3n) is 3.76. The van der Waals surface area contributed by atoms with E-state index in [1.807, 2.05) is 6.92 Å². The number of benzene rings is 1. The van der Waals surface area contributed by atoms with Gasteiger partial charge in [-0.3, -0.25) is 9.59 Å². The molecule has 0 aromatic heterocycles. The van der Waals surface area contributed by atoms with Gasteiger partial charge in [0.25, 0.3) is 5.91 Å². The summed E-state index contributed by atoms with van der Waals surface area (Å²) in [7, 11) is 0. The molecule has 2 rings (SSSR count). The molecule has 1 fully saturated rings. The monoisotopic (exact) mass is 306 g/mol. The molecule has 1 saturated heterocycles. The van der Waals surface area contributed by atoms with Crippen molar-refractivity contribution in [3.8, 4) is 5.75 Å². The van der Waals surface area contributed by atoms with Crippen LogP contribution in [0.1, 0.15) is 24.2 Å². The Labute approximate surface area is 130 Å². The predicted octanol–water partition coefficient (Wildman–Crippen LogP) is 0.654. The first-order chi connectivity index (χ1) is 10.5. The van der Waals surface area contributed by atoms with Crippen LogP contribution in [-0.2, 0) is 4.79 Å². The summed E-state index contributed by atoms with van der Waals surface area (Å²) >= 11 is 0. The molecule has 0 spiro atoms. The van der Waals surface area contributed by atoms with Gasteiger partial charge in [0, 0.05) is 38.1 Å². The third-order valence-corrected chi connectivity index (χ3v) is 3.76. The number of nitrogens with zero attached hydrogens (tertiary/aromatic N) is 1. The zero-order valence-electron chi connectivity index (χ0n) is 12.9. The number of rotatable bonds is 5. The number of carbonyl (C=O) groups excluding carboxylic acids is 2. The minimum absolute atomic E-state index is 0.0575. The number of nitrogens with one attached hydrogen (secondary N) is 1. The molecule has 6 nitrogen and oxygen atoms in total. The van der Waals surface area contributed by atoms with E-state index >= 15 is 0 Å².